The van der Waals surface area contributed by atoms with Crippen LogP contribution in [0.15, 0.2) is 48.5 Å². The number of carbonyl (C=O) groups is 4. The fraction of sp³-hybridized carbons (Fsp3) is 0.364. The van der Waals surface area contributed by atoms with Gasteiger partial charge in [-0.2, -0.15) is 11.1 Å². The molecule has 0 aliphatic heterocycles. The third-order valence-electron chi connectivity index (χ3n) is 8.41. The van der Waals surface area contributed by atoms with Crippen LogP contribution in [0.25, 0.3) is 0 Å². The first kappa shape index (κ1) is 28.8. The van der Waals surface area contributed by atoms with Crippen molar-refractivity contribution in [2.45, 2.75) is 0 Å². The van der Waals surface area contributed by atoms with Gasteiger partial charge < -0.3 is 60.0 Å². The van der Waals surface area contributed by atoms with Crippen LogP contribution in [-0.4, -0.2) is 151 Å². The second kappa shape index (κ2) is 27.4. The van der Waals surface area contributed by atoms with E-state index in [9.17, 15) is 19.2 Å². The van der Waals surface area contributed by atoms with Gasteiger partial charge in [-0.3, -0.25) is 0 Å². The summed E-state index contributed by atoms with van der Waals surface area (Å²) in [7, 11) is 0. The summed E-state index contributed by atoms with van der Waals surface area (Å²) in [4.78, 5) is 55.3. The van der Waals surface area contributed by atoms with Crippen LogP contribution in [0.1, 0.15) is 96.6 Å². The summed E-state index contributed by atoms with van der Waals surface area (Å²) in [6.07, 6.45) is 0. The fourth-order valence-electron chi connectivity index (χ4n) is 5.95. The molecule has 2 aliphatic carbocycles. The molecule has 2 aliphatic rings. The van der Waals surface area contributed by atoms with Crippen molar-refractivity contribution >= 4 is 45.9 Å². The number of fused-ring (bicyclic) bond motifs is 4. The molecule has 0 saturated heterocycles. The van der Waals surface area contributed by atoms with Gasteiger partial charge >= 0.3 is 0 Å². The number of benzene rings is 4. The predicted molar refractivity (Wildman–Crippen MR) is 223 cm³/mol. The molecular formula is C44H52N8O4Y4-4. The molecule has 0 bridgehead atoms. The Morgan fingerprint density at radius 3 is 0.967 bits per heavy atom. The topological polar surface area (TPSA) is 129 Å². The molecule has 12 nitrogen and oxygen atoms in total. The fourth-order valence-corrected chi connectivity index (χ4v) is 5.95. The van der Waals surface area contributed by atoms with Gasteiger partial charge in [0.05, 0.1) is 23.1 Å². The number of ketones is 4. The Morgan fingerprint density at radius 2 is 0.667 bits per heavy atom. The third-order valence-corrected chi connectivity index (χ3v) is 8.41. The van der Waals surface area contributed by atoms with Crippen LogP contribution in [0.4, 0.5) is 22.7 Å². The molecule has 4 N–H and O–H groups in total. The molecule has 0 heterocycles. The minimum atomic E-state index is -2.91. The molecule has 16 heteroatoms. The van der Waals surface area contributed by atoms with Crippen molar-refractivity contribution in [3.63, 3.8) is 0 Å². The standard InChI is InChI=1S/2C22H26N4O2.4Y/c1-25(2)13-11-23-17-9-5-7-15-19(17)21(27)16-8-6-10-18(20(16)22(15)28)24-12-14-26(3)4;1-25(2)13-11-23-17-9-10-18(24-12-14-26(3)4)20-19(17)21(27)15-7-5-6-8-16(15)22(20)28;;;;/h2*5-6,9-10,23-24H,11-14H2,1-4H3;;;;/q2*-2;;;;/i2*1D3,2D3,3D3,4D3;;;;. The van der Waals surface area contributed by atoms with E-state index in [0.717, 1.165) is 0 Å². The molecule has 0 saturated carbocycles. The van der Waals surface area contributed by atoms with E-state index in [1.54, 1.807) is 0 Å². The normalized spacial score (nSPS) is 19.7. The van der Waals surface area contributed by atoms with Gasteiger partial charge in [-0.05, 0) is 90.4 Å². The maximum absolute atomic E-state index is 13.5. The zero-order valence-corrected chi connectivity index (χ0v) is 43.4. The van der Waals surface area contributed by atoms with E-state index < -0.39 is 105 Å². The summed E-state index contributed by atoms with van der Waals surface area (Å²) >= 11 is 0. The van der Waals surface area contributed by atoms with E-state index in [4.69, 9.17) is 32.9 Å². The van der Waals surface area contributed by atoms with Crippen LogP contribution in [0.3, 0.4) is 0 Å². The van der Waals surface area contributed by atoms with Crippen molar-refractivity contribution in [3.05, 3.63) is 117 Å². The zero-order chi connectivity index (χ0) is 60.5. The van der Waals surface area contributed by atoms with E-state index in [-0.39, 0.29) is 224 Å². The summed E-state index contributed by atoms with van der Waals surface area (Å²) in [5.41, 5.74) is 0.0998. The van der Waals surface area contributed by atoms with Crippen molar-refractivity contribution in [2.75, 3.05) is 129 Å². The first-order valence-electron chi connectivity index (χ1n) is 28.9. The predicted octanol–water partition coefficient (Wildman–Crippen LogP) is 4.01. The van der Waals surface area contributed by atoms with Gasteiger partial charge in [0.2, 0.25) is 0 Å². The van der Waals surface area contributed by atoms with Gasteiger partial charge in [0.15, 0.2) is 0 Å². The van der Waals surface area contributed by atoms with Crippen molar-refractivity contribution in [2.24, 2.45) is 0 Å². The van der Waals surface area contributed by atoms with Crippen molar-refractivity contribution in [1.82, 2.24) is 19.6 Å². The molecule has 4 radical (unpaired) electrons. The van der Waals surface area contributed by atoms with Crippen LogP contribution in [0.2, 0.25) is 0 Å². The SMILES string of the molecule is [2H]C([2H])([2H])N(CCNc1cc[c-]c2c1C(=O)c1[c-]ccc(NCCN(C([2H])([2H])[2H])C([2H])([2H])[2H])c1C2=O)C([2H])([2H])[2H].[2H]C([2H])([2H])N(CCNc1ccc(NCCN(C([2H])([2H])[2H])C([2H])([2H])[2H])c2c1C(=O)c1[c-]cc[c-]c1C2=O)C([2H])([2H])[2H].[Y].[Y].[Y].[Y]. The molecule has 0 unspecified atom stereocenters. The molecule has 0 fully saturated rings. The number of carbonyl (C=O) groups excluding carboxylic acids is 4. The summed E-state index contributed by atoms with van der Waals surface area (Å²) in [5.74, 6) is -2.38. The van der Waals surface area contributed by atoms with Crippen molar-refractivity contribution < 1.29 is 183 Å². The average Bonchev–Trinajstić information content (AvgIpc) is 3.29. The molecular weight excluding hydrogens is 1060 g/mol. The van der Waals surface area contributed by atoms with Crippen LogP contribution >= 0.6 is 0 Å². The minimum Gasteiger partial charge on any atom is -0.399 e. The van der Waals surface area contributed by atoms with Crippen LogP contribution in [0.5, 0.6) is 0 Å². The Labute approximate surface area is 490 Å². The minimum absolute atomic E-state index is 0. The van der Waals surface area contributed by atoms with Crippen molar-refractivity contribution in [3.8, 4) is 0 Å². The Balaban J connectivity index is 0.000000802. The summed E-state index contributed by atoms with van der Waals surface area (Å²) < 4.78 is 180. The smallest absolute Gasteiger partial charge is 0.0689 e. The number of nitrogens with one attached hydrogen (secondary N) is 4. The number of nitrogens with zero attached hydrogens (tertiary/aromatic N) is 4. The van der Waals surface area contributed by atoms with Gasteiger partial charge in [0.25, 0.3) is 0 Å². The third kappa shape index (κ3) is 14.5. The van der Waals surface area contributed by atoms with E-state index in [0.29, 0.717) is 19.6 Å². The Kier molecular flexibility index (Phi) is 13.1. The molecule has 4 aromatic carbocycles. The largest absolute Gasteiger partial charge is 0.399 e. The summed E-state index contributed by atoms with van der Waals surface area (Å²) in [5, 5.41) is 11.4. The molecule has 308 valence electrons. The molecule has 0 aromatic heterocycles. The maximum atomic E-state index is 13.5. The molecule has 60 heavy (non-hydrogen) atoms. The van der Waals surface area contributed by atoms with E-state index >= 15 is 0 Å². The number of rotatable bonds is 16. The first-order chi connectivity index (χ1) is 36.5. The summed E-state index contributed by atoms with van der Waals surface area (Å²) in [6, 6.07) is 22.2. The Bertz CT molecular complexity index is 2700. The zero-order valence-electron chi connectivity index (χ0n) is 56.0. The number of hydrogen-bond acceptors (Lipinski definition) is 12. The van der Waals surface area contributed by atoms with Gasteiger partial charge in [-0.1, -0.05) is 11.1 Å². The Hall–Kier alpha value is -0.984. The molecule has 0 atom stereocenters. The quantitative estimate of drug-likeness (QED) is 0.105. The summed E-state index contributed by atoms with van der Waals surface area (Å²) in [6.45, 7) is -25.6. The number of hydrogen-bond donors (Lipinski definition) is 4. The first-order valence-corrected chi connectivity index (χ1v) is 16.9. The molecule has 0 spiro atoms. The van der Waals surface area contributed by atoms with Crippen LogP contribution in [-0.2, 0) is 131 Å². The van der Waals surface area contributed by atoms with Crippen LogP contribution < -0.4 is 21.3 Å². The van der Waals surface area contributed by atoms with E-state index in [1.807, 2.05) is 0 Å². The number of anilines is 4. The molecule has 4 aromatic rings. The molecule has 0 amide bonds. The number of likely N-dealkylation sites (N-methyl/N-ethyl adjacent to an activating group) is 4. The monoisotopic (exact) mass is 1140 g/mol. The van der Waals surface area contributed by atoms with Gasteiger partial charge in [-0.15, -0.1) is 47.5 Å². The van der Waals surface area contributed by atoms with E-state index in [1.165, 1.54) is 48.5 Å². The van der Waals surface area contributed by atoms with Crippen molar-refractivity contribution in [1.29, 1.82) is 0 Å². The van der Waals surface area contributed by atoms with Crippen LogP contribution in [0, 0.1) is 24.3 Å². The van der Waals surface area contributed by atoms with Gasteiger partial charge in [-0.25, -0.2) is 24.3 Å². The van der Waals surface area contributed by atoms with Gasteiger partial charge in [0, 0.05) is 227 Å². The Morgan fingerprint density at radius 1 is 0.400 bits per heavy atom. The molecule has 6 rings (SSSR count). The van der Waals surface area contributed by atoms with Gasteiger partial charge in [0.1, 0.15) is 0 Å². The second-order valence-electron chi connectivity index (χ2n) is 12.2. The maximum Gasteiger partial charge on any atom is 0.0689 e. The van der Waals surface area contributed by atoms with E-state index in [2.05, 4.69) is 45.5 Å². The second-order valence-corrected chi connectivity index (χ2v) is 12.2. The average molecular weight is 1140 g/mol.